The minimum absolute atomic E-state index is 0.0519. The first-order valence-corrected chi connectivity index (χ1v) is 6.04. The lowest BCUT2D eigenvalue weighted by atomic mass is 10.1. The third kappa shape index (κ3) is 3.43. The quantitative estimate of drug-likeness (QED) is 0.622. The van der Waals surface area contributed by atoms with E-state index in [9.17, 15) is 14.4 Å². The Hall–Kier alpha value is -2.11. The van der Waals surface area contributed by atoms with Crippen LogP contribution in [0.3, 0.4) is 0 Å². The minimum atomic E-state index is -0.609. The lowest BCUT2D eigenvalue weighted by Gasteiger charge is -2.03. The Morgan fingerprint density at radius 2 is 1.84 bits per heavy atom. The van der Waals surface area contributed by atoms with Crippen LogP contribution in [0.15, 0.2) is 0 Å². The van der Waals surface area contributed by atoms with Crippen LogP contribution in [0, 0.1) is 6.92 Å². The smallest absolute Gasteiger partial charge is 0.355 e. The Labute approximate surface area is 111 Å². The standard InChI is InChI=1S/C13H17NO5/c1-4-18-11(16)6-9-8(3)14-12(10(9)7-15)13(17)19-5-2/h7,14H,4-6H2,1-3H3. The summed E-state index contributed by atoms with van der Waals surface area (Å²) in [5, 5.41) is 0. The Kier molecular flexibility index (Phi) is 5.29. The largest absolute Gasteiger partial charge is 0.466 e. The number of ether oxygens (including phenoxy) is 2. The molecule has 0 aromatic carbocycles. The molecule has 6 heteroatoms. The van der Waals surface area contributed by atoms with Crippen LogP contribution in [0.4, 0.5) is 0 Å². The van der Waals surface area contributed by atoms with Gasteiger partial charge in [0.1, 0.15) is 5.69 Å². The van der Waals surface area contributed by atoms with Gasteiger partial charge in [-0.2, -0.15) is 0 Å². The summed E-state index contributed by atoms with van der Waals surface area (Å²) < 4.78 is 9.68. The third-order valence-corrected chi connectivity index (χ3v) is 2.58. The molecule has 0 amide bonds. The normalized spacial score (nSPS) is 10.1. The van der Waals surface area contributed by atoms with E-state index in [4.69, 9.17) is 9.47 Å². The summed E-state index contributed by atoms with van der Waals surface area (Å²) in [6, 6.07) is 0. The number of hydrogen-bond donors (Lipinski definition) is 1. The Balaban J connectivity index is 3.08. The molecular weight excluding hydrogens is 250 g/mol. The van der Waals surface area contributed by atoms with Crippen molar-refractivity contribution in [1.29, 1.82) is 0 Å². The van der Waals surface area contributed by atoms with Gasteiger partial charge in [0, 0.05) is 5.69 Å². The topological polar surface area (TPSA) is 85.5 Å². The third-order valence-electron chi connectivity index (χ3n) is 2.58. The van der Waals surface area contributed by atoms with Crippen molar-refractivity contribution in [2.45, 2.75) is 27.2 Å². The van der Waals surface area contributed by atoms with E-state index >= 15 is 0 Å². The van der Waals surface area contributed by atoms with Crippen LogP contribution in [0.5, 0.6) is 0 Å². The predicted octanol–water partition coefficient (Wildman–Crippen LogP) is 1.42. The molecule has 0 saturated carbocycles. The first-order valence-electron chi connectivity index (χ1n) is 6.04. The second-order valence-corrected chi connectivity index (χ2v) is 3.84. The molecule has 0 fully saturated rings. The van der Waals surface area contributed by atoms with Crippen molar-refractivity contribution in [2.24, 2.45) is 0 Å². The van der Waals surface area contributed by atoms with E-state index in [1.54, 1.807) is 20.8 Å². The van der Waals surface area contributed by atoms with E-state index in [0.29, 0.717) is 17.5 Å². The molecule has 6 nitrogen and oxygen atoms in total. The van der Waals surface area contributed by atoms with E-state index in [2.05, 4.69) is 4.98 Å². The Morgan fingerprint density at radius 1 is 1.21 bits per heavy atom. The summed E-state index contributed by atoms with van der Waals surface area (Å²) in [5.74, 6) is -1.05. The molecule has 104 valence electrons. The molecule has 1 heterocycles. The van der Waals surface area contributed by atoms with Crippen LogP contribution in [0.25, 0.3) is 0 Å². The van der Waals surface area contributed by atoms with E-state index in [0.717, 1.165) is 0 Å². The number of aldehydes is 1. The molecular formula is C13H17NO5. The highest BCUT2D eigenvalue weighted by molar-refractivity contribution is 5.99. The van der Waals surface area contributed by atoms with Crippen molar-refractivity contribution >= 4 is 18.2 Å². The molecule has 19 heavy (non-hydrogen) atoms. The molecule has 0 aliphatic rings. The monoisotopic (exact) mass is 267 g/mol. The number of hydrogen-bond acceptors (Lipinski definition) is 5. The van der Waals surface area contributed by atoms with Gasteiger partial charge in [-0.1, -0.05) is 0 Å². The molecule has 0 atom stereocenters. The lowest BCUT2D eigenvalue weighted by Crippen LogP contribution is -2.11. The van der Waals surface area contributed by atoms with E-state index < -0.39 is 11.9 Å². The highest BCUT2D eigenvalue weighted by Crippen LogP contribution is 2.19. The number of esters is 2. The molecule has 1 rings (SSSR count). The molecule has 1 aromatic heterocycles. The van der Waals surface area contributed by atoms with Gasteiger partial charge in [0.15, 0.2) is 6.29 Å². The number of carbonyl (C=O) groups excluding carboxylic acids is 3. The van der Waals surface area contributed by atoms with Crippen LogP contribution in [0.1, 0.15) is 46.0 Å². The summed E-state index contributed by atoms with van der Waals surface area (Å²) >= 11 is 0. The second-order valence-electron chi connectivity index (χ2n) is 3.84. The Morgan fingerprint density at radius 3 is 2.37 bits per heavy atom. The van der Waals surface area contributed by atoms with E-state index in [1.807, 2.05) is 0 Å². The zero-order chi connectivity index (χ0) is 14.4. The summed E-state index contributed by atoms with van der Waals surface area (Å²) in [7, 11) is 0. The Bertz CT molecular complexity index is 489. The fraction of sp³-hybridized carbons (Fsp3) is 0.462. The van der Waals surface area contributed by atoms with E-state index in [-0.39, 0.29) is 30.9 Å². The number of aromatic nitrogens is 1. The second kappa shape index (κ2) is 6.72. The van der Waals surface area contributed by atoms with Crippen molar-refractivity contribution < 1.29 is 23.9 Å². The molecule has 0 unspecified atom stereocenters. The first-order chi connectivity index (χ1) is 9.04. The number of nitrogens with one attached hydrogen (secondary N) is 1. The van der Waals surface area contributed by atoms with Gasteiger partial charge in [0.25, 0.3) is 0 Å². The van der Waals surface area contributed by atoms with Gasteiger partial charge < -0.3 is 14.5 Å². The van der Waals surface area contributed by atoms with Gasteiger partial charge in [0.05, 0.1) is 25.2 Å². The van der Waals surface area contributed by atoms with Crippen LogP contribution in [0.2, 0.25) is 0 Å². The molecule has 1 N–H and O–H groups in total. The van der Waals surface area contributed by atoms with Crippen molar-refractivity contribution in [3.05, 3.63) is 22.5 Å². The average Bonchev–Trinajstić information content (AvgIpc) is 2.67. The van der Waals surface area contributed by atoms with Gasteiger partial charge in [-0.05, 0) is 26.3 Å². The van der Waals surface area contributed by atoms with Crippen molar-refractivity contribution in [3.63, 3.8) is 0 Å². The molecule has 0 aliphatic heterocycles. The number of rotatable bonds is 6. The maximum atomic E-state index is 11.7. The van der Waals surface area contributed by atoms with E-state index in [1.165, 1.54) is 0 Å². The van der Waals surface area contributed by atoms with Gasteiger partial charge in [-0.3, -0.25) is 9.59 Å². The maximum absolute atomic E-state index is 11.7. The summed E-state index contributed by atoms with van der Waals surface area (Å²) in [6.45, 7) is 5.54. The van der Waals surface area contributed by atoms with Crippen molar-refractivity contribution in [1.82, 2.24) is 4.98 Å². The summed E-state index contributed by atoms with van der Waals surface area (Å²) in [6.07, 6.45) is 0.494. The number of aryl methyl sites for hydroxylation is 1. The van der Waals surface area contributed by atoms with Crippen LogP contribution in [-0.2, 0) is 20.7 Å². The molecule has 0 radical (unpaired) electrons. The molecule has 1 aromatic rings. The fourth-order valence-corrected chi connectivity index (χ4v) is 1.76. The summed E-state index contributed by atoms with van der Waals surface area (Å²) in [5.41, 5.74) is 1.28. The van der Waals surface area contributed by atoms with Crippen molar-refractivity contribution in [3.8, 4) is 0 Å². The van der Waals surface area contributed by atoms with Crippen LogP contribution < -0.4 is 0 Å². The fourth-order valence-electron chi connectivity index (χ4n) is 1.76. The SMILES string of the molecule is CCOC(=O)Cc1c(C)[nH]c(C(=O)OCC)c1C=O. The molecule has 0 aliphatic carbocycles. The minimum Gasteiger partial charge on any atom is -0.466 e. The molecule has 0 bridgehead atoms. The maximum Gasteiger partial charge on any atom is 0.355 e. The average molecular weight is 267 g/mol. The number of H-pyrrole nitrogens is 1. The van der Waals surface area contributed by atoms with Crippen LogP contribution in [-0.4, -0.2) is 36.4 Å². The number of aromatic amines is 1. The molecule has 0 spiro atoms. The highest BCUT2D eigenvalue weighted by Gasteiger charge is 2.22. The summed E-state index contributed by atoms with van der Waals surface area (Å²) in [4.78, 5) is 37.1. The highest BCUT2D eigenvalue weighted by atomic mass is 16.5. The number of carbonyl (C=O) groups is 3. The van der Waals surface area contributed by atoms with Crippen molar-refractivity contribution in [2.75, 3.05) is 13.2 Å². The van der Waals surface area contributed by atoms with Gasteiger partial charge in [-0.25, -0.2) is 4.79 Å². The van der Waals surface area contributed by atoms with Crippen LogP contribution >= 0.6 is 0 Å². The van der Waals surface area contributed by atoms with Gasteiger partial charge >= 0.3 is 11.9 Å². The zero-order valence-electron chi connectivity index (χ0n) is 11.2. The van der Waals surface area contributed by atoms with Gasteiger partial charge in [-0.15, -0.1) is 0 Å². The van der Waals surface area contributed by atoms with Gasteiger partial charge in [0.2, 0.25) is 0 Å². The lowest BCUT2D eigenvalue weighted by molar-refractivity contribution is -0.142. The predicted molar refractivity (Wildman–Crippen MR) is 67.2 cm³/mol. The zero-order valence-corrected chi connectivity index (χ0v) is 11.2. The first kappa shape index (κ1) is 14.9. The molecule has 0 saturated heterocycles.